The topological polar surface area (TPSA) is 82.8 Å². The number of rotatable bonds is 5. The number of benzene rings is 1. The van der Waals surface area contributed by atoms with Crippen molar-refractivity contribution >= 4 is 26.5 Å². The van der Waals surface area contributed by atoms with E-state index in [1.807, 2.05) is 11.4 Å². The summed E-state index contributed by atoms with van der Waals surface area (Å²) in [6.07, 6.45) is 2.54. The fraction of sp³-hybridized carbons (Fsp3) is 0.286. The Morgan fingerprint density at radius 2 is 2.05 bits per heavy atom. The van der Waals surface area contributed by atoms with E-state index in [0.29, 0.717) is 11.0 Å². The Labute approximate surface area is 127 Å². The van der Waals surface area contributed by atoms with Crippen LogP contribution in [0.3, 0.4) is 0 Å². The Hall–Kier alpha value is -1.91. The normalized spacial score (nSPS) is 14.6. The summed E-state index contributed by atoms with van der Waals surface area (Å²) in [6, 6.07) is 8.33. The molecule has 1 aliphatic carbocycles. The number of hydrogen-bond acceptors (Lipinski definition) is 5. The number of sulfonamides is 1. The van der Waals surface area contributed by atoms with Crippen molar-refractivity contribution < 1.29 is 8.42 Å². The Morgan fingerprint density at radius 1 is 1.33 bits per heavy atom. The fourth-order valence-electron chi connectivity index (χ4n) is 1.95. The third-order valence-electron chi connectivity index (χ3n) is 3.26. The van der Waals surface area contributed by atoms with Gasteiger partial charge in [0.05, 0.1) is 23.1 Å². The number of nitrogens with one attached hydrogen (secondary N) is 1. The average molecular weight is 319 g/mol. The van der Waals surface area contributed by atoms with E-state index in [9.17, 15) is 8.42 Å². The third-order valence-corrected chi connectivity index (χ3v) is 5.52. The lowest BCUT2D eigenvalue weighted by Gasteiger charge is -2.05. The molecule has 1 aromatic heterocycles. The van der Waals surface area contributed by atoms with Crippen LogP contribution in [0.15, 0.2) is 34.5 Å². The highest BCUT2D eigenvalue weighted by molar-refractivity contribution is 7.93. The molecule has 2 aromatic rings. The van der Waals surface area contributed by atoms with Crippen LogP contribution in [0.4, 0.5) is 5.13 Å². The number of aromatic nitrogens is 1. The fourth-order valence-corrected chi connectivity index (χ4v) is 4.00. The van der Waals surface area contributed by atoms with Gasteiger partial charge in [0.1, 0.15) is 0 Å². The van der Waals surface area contributed by atoms with Crippen LogP contribution < -0.4 is 4.72 Å². The van der Waals surface area contributed by atoms with Gasteiger partial charge < -0.3 is 0 Å². The molecule has 108 valence electrons. The maximum Gasteiger partial charge on any atom is 0.263 e. The van der Waals surface area contributed by atoms with Crippen LogP contribution in [0.1, 0.15) is 30.0 Å². The highest BCUT2D eigenvalue weighted by Crippen LogP contribution is 2.41. The predicted molar refractivity (Wildman–Crippen MR) is 80.7 cm³/mol. The van der Waals surface area contributed by atoms with Crippen LogP contribution in [0.25, 0.3) is 0 Å². The average Bonchev–Trinajstić information content (AvgIpc) is 3.21. The molecule has 1 N–H and O–H groups in total. The molecule has 0 unspecified atom stereocenters. The van der Waals surface area contributed by atoms with Gasteiger partial charge in [0.25, 0.3) is 10.0 Å². The number of nitriles is 1. The van der Waals surface area contributed by atoms with E-state index in [0.717, 1.165) is 24.1 Å². The van der Waals surface area contributed by atoms with Crippen molar-refractivity contribution in [1.29, 1.82) is 5.26 Å². The monoisotopic (exact) mass is 319 g/mol. The van der Waals surface area contributed by atoms with Gasteiger partial charge in [-0.15, -0.1) is 11.3 Å². The zero-order valence-electron chi connectivity index (χ0n) is 11.1. The molecule has 1 fully saturated rings. The lowest BCUT2D eigenvalue weighted by atomic mass is 10.2. The van der Waals surface area contributed by atoms with Gasteiger partial charge in [-0.1, -0.05) is 12.1 Å². The minimum Gasteiger partial charge on any atom is -0.255 e. The SMILES string of the molecule is N#CCc1ccc(S(=O)(=O)Nc2nc(C3CC3)cs2)cc1. The number of anilines is 1. The minimum absolute atomic E-state index is 0.173. The van der Waals surface area contributed by atoms with Crippen molar-refractivity contribution in [2.24, 2.45) is 0 Å². The van der Waals surface area contributed by atoms with Crippen molar-refractivity contribution in [3.63, 3.8) is 0 Å². The second-order valence-electron chi connectivity index (χ2n) is 4.94. The molecule has 0 saturated heterocycles. The Morgan fingerprint density at radius 3 is 2.67 bits per heavy atom. The van der Waals surface area contributed by atoms with Crippen LogP contribution in [-0.2, 0) is 16.4 Å². The molecule has 3 rings (SSSR count). The quantitative estimate of drug-likeness (QED) is 0.918. The van der Waals surface area contributed by atoms with Gasteiger partial charge >= 0.3 is 0 Å². The van der Waals surface area contributed by atoms with E-state index in [4.69, 9.17) is 5.26 Å². The number of hydrogen-bond donors (Lipinski definition) is 1. The van der Waals surface area contributed by atoms with Gasteiger partial charge in [-0.05, 0) is 30.5 Å². The zero-order chi connectivity index (χ0) is 14.9. The first-order valence-electron chi connectivity index (χ1n) is 6.52. The van der Waals surface area contributed by atoms with Gasteiger partial charge in [-0.2, -0.15) is 5.26 Å². The highest BCUT2D eigenvalue weighted by atomic mass is 32.2. The van der Waals surface area contributed by atoms with E-state index in [1.165, 1.54) is 23.5 Å². The largest absolute Gasteiger partial charge is 0.263 e. The van der Waals surface area contributed by atoms with E-state index >= 15 is 0 Å². The van der Waals surface area contributed by atoms with Gasteiger partial charge in [-0.25, -0.2) is 13.4 Å². The van der Waals surface area contributed by atoms with Gasteiger partial charge in [0, 0.05) is 11.3 Å². The molecule has 0 bridgehead atoms. The van der Waals surface area contributed by atoms with E-state index in [2.05, 4.69) is 9.71 Å². The molecule has 0 amide bonds. The summed E-state index contributed by atoms with van der Waals surface area (Å²) < 4.78 is 27.0. The van der Waals surface area contributed by atoms with Crippen LogP contribution in [0.5, 0.6) is 0 Å². The standard InChI is InChI=1S/C14H13N3O2S2/c15-8-7-10-1-5-12(6-2-10)21(18,19)17-14-16-13(9-20-14)11-3-4-11/h1-2,5-6,9,11H,3-4,7H2,(H,16,17). The Balaban J connectivity index is 1.77. The lowest BCUT2D eigenvalue weighted by Crippen LogP contribution is -2.12. The summed E-state index contributed by atoms with van der Waals surface area (Å²) >= 11 is 1.31. The summed E-state index contributed by atoms with van der Waals surface area (Å²) in [6.45, 7) is 0. The second-order valence-corrected chi connectivity index (χ2v) is 7.48. The van der Waals surface area contributed by atoms with Crippen LogP contribution >= 0.6 is 11.3 Å². The van der Waals surface area contributed by atoms with Crippen LogP contribution in [-0.4, -0.2) is 13.4 Å². The lowest BCUT2D eigenvalue weighted by molar-refractivity contribution is 0.601. The minimum atomic E-state index is -3.62. The summed E-state index contributed by atoms with van der Waals surface area (Å²) in [7, 11) is -3.62. The van der Waals surface area contributed by atoms with Gasteiger partial charge in [-0.3, -0.25) is 4.72 Å². The van der Waals surface area contributed by atoms with Crippen LogP contribution in [0.2, 0.25) is 0 Å². The Kier molecular flexibility index (Phi) is 3.66. The van der Waals surface area contributed by atoms with Crippen LogP contribution in [0, 0.1) is 11.3 Å². The summed E-state index contributed by atoms with van der Waals surface area (Å²) in [4.78, 5) is 4.49. The first-order chi connectivity index (χ1) is 10.1. The first kappa shape index (κ1) is 14.0. The molecule has 0 aliphatic heterocycles. The number of thiazole rings is 1. The molecule has 7 heteroatoms. The smallest absolute Gasteiger partial charge is 0.255 e. The molecule has 1 aliphatic rings. The van der Waals surface area contributed by atoms with E-state index in [-0.39, 0.29) is 11.3 Å². The number of nitrogens with zero attached hydrogens (tertiary/aromatic N) is 2. The predicted octanol–water partition coefficient (Wildman–Crippen LogP) is 2.89. The molecule has 0 radical (unpaired) electrons. The molecule has 0 spiro atoms. The second kappa shape index (κ2) is 5.47. The van der Waals surface area contributed by atoms with Crippen molar-refractivity contribution in [3.05, 3.63) is 40.9 Å². The molecule has 0 atom stereocenters. The third kappa shape index (κ3) is 3.23. The van der Waals surface area contributed by atoms with Crippen molar-refractivity contribution in [2.45, 2.75) is 30.1 Å². The first-order valence-corrected chi connectivity index (χ1v) is 8.89. The molecule has 1 aromatic carbocycles. The maximum absolute atomic E-state index is 12.3. The summed E-state index contributed by atoms with van der Waals surface area (Å²) in [5.74, 6) is 0.504. The zero-order valence-corrected chi connectivity index (χ0v) is 12.7. The van der Waals surface area contributed by atoms with Crippen molar-refractivity contribution in [3.8, 4) is 6.07 Å². The Bertz CT molecular complexity index is 784. The van der Waals surface area contributed by atoms with E-state index < -0.39 is 10.0 Å². The highest BCUT2D eigenvalue weighted by Gasteiger charge is 2.26. The molecule has 1 saturated carbocycles. The van der Waals surface area contributed by atoms with Gasteiger partial charge in [0.2, 0.25) is 0 Å². The van der Waals surface area contributed by atoms with E-state index in [1.54, 1.807) is 12.1 Å². The summed E-state index contributed by atoms with van der Waals surface area (Å²) in [5.41, 5.74) is 1.77. The van der Waals surface area contributed by atoms with Crippen molar-refractivity contribution in [2.75, 3.05) is 4.72 Å². The molecule has 1 heterocycles. The molecule has 5 nitrogen and oxygen atoms in total. The van der Waals surface area contributed by atoms with Gasteiger partial charge in [0.15, 0.2) is 5.13 Å². The molecule has 21 heavy (non-hydrogen) atoms. The maximum atomic E-state index is 12.3. The van der Waals surface area contributed by atoms with Crippen molar-refractivity contribution in [1.82, 2.24) is 4.98 Å². The molecular formula is C14H13N3O2S2. The molecular weight excluding hydrogens is 306 g/mol. The summed E-state index contributed by atoms with van der Waals surface area (Å²) in [5, 5.41) is 10.9.